The van der Waals surface area contributed by atoms with Crippen molar-refractivity contribution in [2.45, 2.75) is 142 Å². The highest BCUT2D eigenvalue weighted by Crippen LogP contribution is 2.65. The molecule has 12 nitrogen and oxygen atoms in total. The molecule has 278 valence electrons. The summed E-state index contributed by atoms with van der Waals surface area (Å²) in [7, 11) is -3.56. The van der Waals surface area contributed by atoms with Crippen LogP contribution in [-0.2, 0) is 29.0 Å². The van der Waals surface area contributed by atoms with Gasteiger partial charge < -0.3 is 26.2 Å². The van der Waals surface area contributed by atoms with Gasteiger partial charge in [-0.05, 0) is 62.7 Å². The zero-order chi connectivity index (χ0) is 37.2. The molecule has 13 heteroatoms. The predicted molar refractivity (Wildman–Crippen MR) is 190 cm³/mol. The van der Waals surface area contributed by atoms with Crippen molar-refractivity contribution in [1.29, 1.82) is 0 Å². The van der Waals surface area contributed by atoms with Gasteiger partial charge in [-0.15, -0.1) is 6.58 Å². The van der Waals surface area contributed by atoms with Gasteiger partial charge >= 0.3 is 6.03 Å². The number of hydrogen-bond donors (Lipinski definition) is 4. The third-order valence-corrected chi connectivity index (χ3v) is 13.6. The lowest BCUT2D eigenvalue weighted by atomic mass is 9.83. The molecular formula is C36H61N5O7S. The Morgan fingerprint density at radius 1 is 0.980 bits per heavy atom. The SMILES string of the molecule is C=CCNC(=O)C(=O)[C@@H](CCCC)NC(=O)[C@@H]1[C@@H]2[C@H](CN1C(=O)[C@@H](NC(=O)NC1(CS(=O)(=O)C(C)(C)C)CCCCC1)C(C)(C)C)C2(C)C. The number of likely N-dealkylation sites (tertiary alicyclic amines) is 1. The standard InChI is InChI=1S/C36H61N5O7S/c1-11-13-17-24(27(42)30(44)37-20-12-2)38-29(43)26-25-23(35(25,9)10)21-41(26)31(45)28(33(3,4)5)39-32(46)40-36(18-15-14-16-19-36)22-49(47,48)34(6,7)8/h12,23-26,28H,2,11,13-22H2,1,3-10H3,(H,37,44)(H,38,43)(H2,39,40,46)/t23-,24+,25-,26-,28+/m0/s1. The molecule has 0 aromatic carbocycles. The molecule has 1 aliphatic heterocycles. The summed E-state index contributed by atoms with van der Waals surface area (Å²) in [6.07, 6.45) is 6.64. The van der Waals surface area contributed by atoms with E-state index in [-0.39, 0.29) is 36.0 Å². The maximum absolute atomic E-state index is 14.4. The molecule has 5 atom stereocenters. The van der Waals surface area contributed by atoms with Crippen LogP contribution in [0.4, 0.5) is 4.79 Å². The number of carbonyl (C=O) groups is 5. The van der Waals surface area contributed by atoms with E-state index in [2.05, 4.69) is 41.7 Å². The summed E-state index contributed by atoms with van der Waals surface area (Å²) < 4.78 is 25.6. The van der Waals surface area contributed by atoms with Crippen LogP contribution in [0.3, 0.4) is 0 Å². The zero-order valence-electron chi connectivity index (χ0n) is 31.2. The number of Topliss-reactive ketones (excluding diaryl/α,β-unsaturated/α-hetero) is 1. The molecule has 0 bridgehead atoms. The summed E-state index contributed by atoms with van der Waals surface area (Å²) in [5.41, 5.74) is -1.94. The fraction of sp³-hybridized carbons (Fsp3) is 0.806. The first-order chi connectivity index (χ1) is 22.5. The van der Waals surface area contributed by atoms with Crippen molar-refractivity contribution in [3.05, 3.63) is 12.7 Å². The number of urea groups is 1. The molecule has 49 heavy (non-hydrogen) atoms. The fourth-order valence-electron chi connectivity index (χ4n) is 7.49. The number of hydrogen-bond acceptors (Lipinski definition) is 7. The molecule has 1 heterocycles. The van der Waals surface area contributed by atoms with E-state index in [0.717, 1.165) is 25.7 Å². The van der Waals surface area contributed by atoms with Gasteiger partial charge in [0.25, 0.3) is 5.91 Å². The first-order valence-electron chi connectivity index (χ1n) is 17.9. The minimum absolute atomic E-state index is 0.0513. The lowest BCUT2D eigenvalue weighted by molar-refractivity contribution is -0.145. The summed E-state index contributed by atoms with van der Waals surface area (Å²) in [6.45, 7) is 20.5. The summed E-state index contributed by atoms with van der Waals surface area (Å²) in [6, 6.07) is -3.60. The number of nitrogens with zero attached hydrogens (tertiary/aromatic N) is 1. The van der Waals surface area contributed by atoms with Gasteiger partial charge in [0.2, 0.25) is 17.6 Å². The molecule has 0 radical (unpaired) electrons. The highest BCUT2D eigenvalue weighted by molar-refractivity contribution is 7.92. The van der Waals surface area contributed by atoms with Crippen LogP contribution in [0, 0.1) is 22.7 Å². The van der Waals surface area contributed by atoms with Crippen molar-refractivity contribution >= 4 is 39.4 Å². The average Bonchev–Trinajstić information content (AvgIpc) is 3.30. The van der Waals surface area contributed by atoms with Crippen molar-refractivity contribution < 1.29 is 32.4 Å². The Morgan fingerprint density at radius 3 is 2.12 bits per heavy atom. The van der Waals surface area contributed by atoms with E-state index in [1.807, 2.05) is 27.7 Å². The second-order valence-electron chi connectivity index (χ2n) is 17.1. The van der Waals surface area contributed by atoms with Gasteiger partial charge in [0.15, 0.2) is 9.84 Å². The first-order valence-corrected chi connectivity index (χ1v) is 19.5. The molecule has 3 aliphatic rings. The highest BCUT2D eigenvalue weighted by Gasteiger charge is 2.70. The van der Waals surface area contributed by atoms with E-state index in [4.69, 9.17) is 0 Å². The normalized spacial score (nSPS) is 24.1. The number of fused-ring (bicyclic) bond motifs is 1. The Morgan fingerprint density at radius 2 is 1.59 bits per heavy atom. The van der Waals surface area contributed by atoms with E-state index in [1.54, 1.807) is 20.8 Å². The molecule has 4 N–H and O–H groups in total. The Labute approximate surface area is 293 Å². The topological polar surface area (TPSA) is 171 Å². The molecule has 5 amide bonds. The lowest BCUT2D eigenvalue weighted by Crippen LogP contribution is -2.64. The molecule has 0 unspecified atom stereocenters. The smallest absolute Gasteiger partial charge is 0.315 e. The van der Waals surface area contributed by atoms with Crippen LogP contribution in [0.25, 0.3) is 0 Å². The third kappa shape index (κ3) is 9.24. The van der Waals surface area contributed by atoms with E-state index in [9.17, 15) is 32.4 Å². The summed E-state index contributed by atoms with van der Waals surface area (Å²) in [5, 5.41) is 11.2. The Hall–Kier alpha value is -2.96. The summed E-state index contributed by atoms with van der Waals surface area (Å²) >= 11 is 0. The lowest BCUT2D eigenvalue weighted by Gasteiger charge is -2.41. The van der Waals surface area contributed by atoms with E-state index >= 15 is 0 Å². The average molecular weight is 708 g/mol. The largest absolute Gasteiger partial charge is 0.346 e. The van der Waals surface area contributed by atoms with Crippen molar-refractivity contribution in [3.8, 4) is 0 Å². The van der Waals surface area contributed by atoms with Gasteiger partial charge in [0.1, 0.15) is 12.1 Å². The maximum Gasteiger partial charge on any atom is 0.315 e. The number of ketones is 1. The van der Waals surface area contributed by atoms with Crippen LogP contribution in [0.15, 0.2) is 12.7 Å². The van der Waals surface area contributed by atoms with E-state index < -0.39 is 73.2 Å². The third-order valence-electron chi connectivity index (χ3n) is 10.8. The predicted octanol–water partition coefficient (Wildman–Crippen LogP) is 3.65. The number of unbranched alkanes of at least 4 members (excludes halogenated alkanes) is 1. The number of piperidine rings is 1. The highest BCUT2D eigenvalue weighted by atomic mass is 32.2. The molecule has 2 saturated carbocycles. The second-order valence-corrected chi connectivity index (χ2v) is 19.8. The van der Waals surface area contributed by atoms with Gasteiger partial charge in [0.05, 0.1) is 22.1 Å². The van der Waals surface area contributed by atoms with Gasteiger partial charge in [-0.2, -0.15) is 0 Å². The Kier molecular flexibility index (Phi) is 12.5. The molecule has 0 aromatic rings. The van der Waals surface area contributed by atoms with Crippen molar-refractivity contribution in [2.75, 3.05) is 18.8 Å². The van der Waals surface area contributed by atoms with E-state index in [1.165, 1.54) is 11.0 Å². The van der Waals surface area contributed by atoms with Crippen molar-refractivity contribution in [3.63, 3.8) is 0 Å². The van der Waals surface area contributed by atoms with Crippen LogP contribution < -0.4 is 21.3 Å². The fourth-order valence-corrected chi connectivity index (χ4v) is 9.02. The number of nitrogens with one attached hydrogen (secondary N) is 4. The molecule has 0 spiro atoms. The van der Waals surface area contributed by atoms with Crippen LogP contribution in [0.2, 0.25) is 0 Å². The molecule has 1 saturated heterocycles. The van der Waals surface area contributed by atoms with Gasteiger partial charge in [-0.1, -0.05) is 79.7 Å². The number of rotatable bonds is 14. The summed E-state index contributed by atoms with van der Waals surface area (Å²) in [5.74, 6) is -2.78. The number of carbonyl (C=O) groups excluding carboxylic acids is 5. The van der Waals surface area contributed by atoms with Crippen LogP contribution in [0.1, 0.15) is 114 Å². The van der Waals surface area contributed by atoms with Crippen LogP contribution in [0.5, 0.6) is 0 Å². The first kappa shape index (κ1) is 40.5. The molecule has 3 rings (SSSR count). The molecule has 2 aliphatic carbocycles. The van der Waals surface area contributed by atoms with Gasteiger partial charge in [-0.3, -0.25) is 19.2 Å². The second kappa shape index (κ2) is 15.1. The van der Waals surface area contributed by atoms with Gasteiger partial charge in [0, 0.05) is 13.1 Å². The molecule has 3 fully saturated rings. The van der Waals surface area contributed by atoms with Crippen molar-refractivity contribution in [2.24, 2.45) is 22.7 Å². The quantitative estimate of drug-likeness (QED) is 0.158. The summed E-state index contributed by atoms with van der Waals surface area (Å²) in [4.78, 5) is 69.4. The molecule has 0 aromatic heterocycles. The van der Waals surface area contributed by atoms with Crippen LogP contribution in [-0.4, -0.2) is 90.1 Å². The van der Waals surface area contributed by atoms with Crippen molar-refractivity contribution in [1.82, 2.24) is 26.2 Å². The monoisotopic (exact) mass is 707 g/mol. The minimum Gasteiger partial charge on any atom is -0.346 e. The number of sulfone groups is 1. The van der Waals surface area contributed by atoms with Gasteiger partial charge in [-0.25, -0.2) is 13.2 Å². The number of amides is 5. The van der Waals surface area contributed by atoms with E-state index in [0.29, 0.717) is 25.8 Å². The van der Waals surface area contributed by atoms with Crippen LogP contribution >= 0.6 is 0 Å². The zero-order valence-corrected chi connectivity index (χ0v) is 32.0. The minimum atomic E-state index is -3.56. The Balaban J connectivity index is 1.86. The molecular weight excluding hydrogens is 646 g/mol. The maximum atomic E-state index is 14.4. The Bertz CT molecular complexity index is 1390.